The number of hydrogen-bond acceptors (Lipinski definition) is 3. The van der Waals surface area contributed by atoms with Crippen molar-refractivity contribution in [2.24, 2.45) is 0 Å². The van der Waals surface area contributed by atoms with Crippen LogP contribution >= 0.6 is 0 Å². The molecule has 0 saturated heterocycles. The van der Waals surface area contributed by atoms with Crippen molar-refractivity contribution in [1.29, 1.82) is 0 Å². The average molecular weight is 281 g/mol. The van der Waals surface area contributed by atoms with E-state index in [1.54, 1.807) is 12.3 Å². The average Bonchev–Trinajstić information content (AvgIpc) is 2.89. The highest BCUT2D eigenvalue weighted by Gasteiger charge is 2.12. The van der Waals surface area contributed by atoms with Crippen LogP contribution in [0.4, 0.5) is 0 Å². The third kappa shape index (κ3) is 2.76. The highest BCUT2D eigenvalue weighted by atomic mass is 16.4. The van der Waals surface area contributed by atoms with Crippen LogP contribution in [0.25, 0.3) is 5.65 Å². The minimum absolute atomic E-state index is 0.173. The fraction of sp³-hybridized carbons (Fsp3) is 0.188. The second-order valence-electron chi connectivity index (χ2n) is 5.01. The first-order chi connectivity index (χ1) is 10.1. The molecular formula is C16H15N3O2. The quantitative estimate of drug-likeness (QED) is 0.798. The van der Waals surface area contributed by atoms with Crippen LogP contribution in [0.2, 0.25) is 0 Å². The van der Waals surface area contributed by atoms with E-state index in [4.69, 9.17) is 5.11 Å². The van der Waals surface area contributed by atoms with E-state index in [-0.39, 0.29) is 5.56 Å². The number of nitrogens with zero attached hydrogens (tertiary/aromatic N) is 3. The van der Waals surface area contributed by atoms with Crippen LogP contribution in [0.1, 0.15) is 27.3 Å². The van der Waals surface area contributed by atoms with Crippen molar-refractivity contribution in [3.8, 4) is 0 Å². The van der Waals surface area contributed by atoms with Gasteiger partial charge in [-0.25, -0.2) is 14.3 Å². The topological polar surface area (TPSA) is 67.5 Å². The van der Waals surface area contributed by atoms with Crippen molar-refractivity contribution < 1.29 is 9.90 Å². The predicted octanol–water partition coefficient (Wildman–Crippen LogP) is 2.52. The third-order valence-electron chi connectivity index (χ3n) is 3.39. The molecule has 0 unspecified atom stereocenters. The van der Waals surface area contributed by atoms with Gasteiger partial charge in [0.2, 0.25) is 0 Å². The highest BCUT2D eigenvalue weighted by molar-refractivity contribution is 5.94. The first-order valence-electron chi connectivity index (χ1n) is 6.76. The van der Waals surface area contributed by atoms with Crippen molar-refractivity contribution in [1.82, 2.24) is 14.6 Å². The second-order valence-corrected chi connectivity index (χ2v) is 5.01. The molecule has 0 aliphatic heterocycles. The lowest BCUT2D eigenvalue weighted by atomic mass is 10.1. The van der Waals surface area contributed by atoms with E-state index in [2.05, 4.69) is 41.3 Å². The molecule has 1 N–H and O–H groups in total. The van der Waals surface area contributed by atoms with Gasteiger partial charge in [0, 0.05) is 12.6 Å². The van der Waals surface area contributed by atoms with Gasteiger partial charge in [0.1, 0.15) is 5.56 Å². The number of hydrogen-bond donors (Lipinski definition) is 1. The SMILES string of the molecule is Cc1ccc(CCc2nc3c(C(=O)O)cccn3n2)cc1. The summed E-state index contributed by atoms with van der Waals surface area (Å²) >= 11 is 0. The molecule has 2 aromatic heterocycles. The molecular weight excluding hydrogens is 266 g/mol. The Morgan fingerprint density at radius 2 is 1.95 bits per heavy atom. The molecule has 0 aliphatic carbocycles. The molecule has 2 heterocycles. The molecule has 0 bridgehead atoms. The van der Waals surface area contributed by atoms with Gasteiger partial charge < -0.3 is 5.11 Å². The molecule has 3 rings (SSSR count). The molecule has 5 heteroatoms. The van der Waals surface area contributed by atoms with Crippen molar-refractivity contribution in [3.05, 3.63) is 65.1 Å². The Labute approximate surface area is 121 Å². The van der Waals surface area contributed by atoms with E-state index in [0.29, 0.717) is 17.9 Å². The summed E-state index contributed by atoms with van der Waals surface area (Å²) < 4.78 is 1.52. The molecule has 1 aromatic carbocycles. The van der Waals surface area contributed by atoms with E-state index in [1.165, 1.54) is 21.7 Å². The Morgan fingerprint density at radius 1 is 1.19 bits per heavy atom. The summed E-state index contributed by atoms with van der Waals surface area (Å²) in [5.41, 5.74) is 3.02. The van der Waals surface area contributed by atoms with Gasteiger partial charge in [0.05, 0.1) is 0 Å². The van der Waals surface area contributed by atoms with Gasteiger partial charge in [0.15, 0.2) is 11.5 Å². The van der Waals surface area contributed by atoms with Crippen LogP contribution in [0.15, 0.2) is 42.6 Å². The predicted molar refractivity (Wildman–Crippen MR) is 78.5 cm³/mol. The number of aryl methyl sites for hydroxylation is 3. The number of aromatic carboxylic acids is 1. The summed E-state index contributed by atoms with van der Waals surface area (Å²) in [6, 6.07) is 11.5. The number of carbonyl (C=O) groups is 1. The zero-order valence-corrected chi connectivity index (χ0v) is 11.7. The molecule has 5 nitrogen and oxygen atoms in total. The summed E-state index contributed by atoms with van der Waals surface area (Å²) in [5.74, 6) is -0.331. The molecule has 0 atom stereocenters. The number of carboxylic acids is 1. The highest BCUT2D eigenvalue weighted by Crippen LogP contribution is 2.11. The van der Waals surface area contributed by atoms with Crippen molar-refractivity contribution in [3.63, 3.8) is 0 Å². The fourth-order valence-corrected chi connectivity index (χ4v) is 2.23. The first kappa shape index (κ1) is 13.3. The zero-order valence-electron chi connectivity index (χ0n) is 11.7. The normalized spacial score (nSPS) is 10.9. The van der Waals surface area contributed by atoms with Crippen molar-refractivity contribution in [2.75, 3.05) is 0 Å². The van der Waals surface area contributed by atoms with Crippen molar-refractivity contribution in [2.45, 2.75) is 19.8 Å². The summed E-state index contributed by atoms with van der Waals surface area (Å²) in [7, 11) is 0. The van der Waals surface area contributed by atoms with Crippen LogP contribution in [0.5, 0.6) is 0 Å². The maximum Gasteiger partial charge on any atom is 0.339 e. The lowest BCUT2D eigenvalue weighted by Crippen LogP contribution is -2.00. The van der Waals surface area contributed by atoms with E-state index in [1.807, 2.05) is 0 Å². The Kier molecular flexibility index (Phi) is 3.39. The zero-order chi connectivity index (χ0) is 14.8. The van der Waals surface area contributed by atoms with Gasteiger partial charge in [-0.1, -0.05) is 29.8 Å². The number of benzene rings is 1. The van der Waals surface area contributed by atoms with E-state index < -0.39 is 5.97 Å². The standard InChI is InChI=1S/C16H15N3O2/c1-11-4-6-12(7-5-11)8-9-14-17-15-13(16(20)21)3-2-10-19(15)18-14/h2-7,10H,8-9H2,1H3,(H,20,21). The minimum Gasteiger partial charge on any atom is -0.478 e. The molecule has 21 heavy (non-hydrogen) atoms. The van der Waals surface area contributed by atoms with Crippen LogP contribution in [-0.4, -0.2) is 25.7 Å². The molecule has 0 aliphatic rings. The molecule has 0 radical (unpaired) electrons. The molecule has 3 aromatic rings. The van der Waals surface area contributed by atoms with Gasteiger partial charge in [-0.2, -0.15) is 5.10 Å². The molecule has 0 saturated carbocycles. The lowest BCUT2D eigenvalue weighted by Gasteiger charge is -1.99. The minimum atomic E-state index is -0.988. The van der Waals surface area contributed by atoms with Crippen LogP contribution in [0, 0.1) is 6.92 Å². The Hall–Kier alpha value is -2.69. The summed E-state index contributed by atoms with van der Waals surface area (Å²) in [6.45, 7) is 2.06. The summed E-state index contributed by atoms with van der Waals surface area (Å²) in [4.78, 5) is 15.5. The van der Waals surface area contributed by atoms with Crippen molar-refractivity contribution >= 4 is 11.6 Å². The van der Waals surface area contributed by atoms with E-state index in [0.717, 1.165) is 6.42 Å². The third-order valence-corrected chi connectivity index (χ3v) is 3.39. The monoisotopic (exact) mass is 281 g/mol. The van der Waals surface area contributed by atoms with E-state index >= 15 is 0 Å². The van der Waals surface area contributed by atoms with Gasteiger partial charge >= 0.3 is 5.97 Å². The van der Waals surface area contributed by atoms with Crippen LogP contribution in [0.3, 0.4) is 0 Å². The molecule has 106 valence electrons. The molecule has 0 fully saturated rings. The maximum absolute atomic E-state index is 11.2. The Morgan fingerprint density at radius 3 is 2.67 bits per heavy atom. The van der Waals surface area contributed by atoms with Gasteiger partial charge in [-0.05, 0) is 31.0 Å². The fourth-order valence-electron chi connectivity index (χ4n) is 2.23. The van der Waals surface area contributed by atoms with Crippen LogP contribution < -0.4 is 0 Å². The smallest absolute Gasteiger partial charge is 0.339 e. The Bertz CT molecular complexity index is 791. The van der Waals surface area contributed by atoms with E-state index in [9.17, 15) is 4.79 Å². The lowest BCUT2D eigenvalue weighted by molar-refractivity contribution is 0.0698. The first-order valence-corrected chi connectivity index (χ1v) is 6.76. The number of carboxylic acid groups (broad SMARTS) is 1. The second kappa shape index (κ2) is 5.36. The van der Waals surface area contributed by atoms with Gasteiger partial charge in [-0.15, -0.1) is 0 Å². The molecule has 0 spiro atoms. The molecule has 0 amide bonds. The maximum atomic E-state index is 11.2. The van der Waals surface area contributed by atoms with Gasteiger partial charge in [-0.3, -0.25) is 0 Å². The summed E-state index contributed by atoms with van der Waals surface area (Å²) in [5, 5.41) is 13.5. The Balaban J connectivity index is 1.83. The number of fused-ring (bicyclic) bond motifs is 1. The number of rotatable bonds is 4. The van der Waals surface area contributed by atoms with Crippen LogP contribution in [-0.2, 0) is 12.8 Å². The largest absolute Gasteiger partial charge is 0.478 e. The number of aromatic nitrogens is 3. The number of pyridine rings is 1. The van der Waals surface area contributed by atoms with Gasteiger partial charge in [0.25, 0.3) is 0 Å². The summed E-state index contributed by atoms with van der Waals surface area (Å²) in [6.07, 6.45) is 3.23.